The van der Waals surface area contributed by atoms with Crippen LogP contribution in [0, 0.1) is 0 Å². The molecule has 130 valence electrons. The number of ether oxygens (including phenoxy) is 2. The molecule has 0 radical (unpaired) electrons. The number of carbonyl (C=O) groups excluding carboxylic acids is 3. The molecule has 1 saturated heterocycles. The van der Waals surface area contributed by atoms with Crippen LogP contribution in [0.15, 0.2) is 24.3 Å². The topological polar surface area (TPSA) is 84.9 Å². The fourth-order valence-corrected chi connectivity index (χ4v) is 2.34. The molecule has 0 bridgehead atoms. The van der Waals surface area contributed by atoms with Crippen LogP contribution in [0.4, 0.5) is 15.3 Å². The lowest BCUT2D eigenvalue weighted by Gasteiger charge is -2.23. The fourth-order valence-electron chi connectivity index (χ4n) is 2.34. The standard InChI is InChI=1S/C17H22N2O5/c1-17(2,3)24-15(21)18-14(8-10-20)12-4-6-13(7-5-12)19-9-11-23-16(19)22/h4-7,10,14H,8-9,11H2,1-3H3,(H,18,21). The molecule has 1 aromatic rings. The molecular weight excluding hydrogens is 312 g/mol. The largest absolute Gasteiger partial charge is 0.447 e. The molecule has 1 aliphatic heterocycles. The summed E-state index contributed by atoms with van der Waals surface area (Å²) in [6.07, 6.45) is -0.0846. The van der Waals surface area contributed by atoms with Crippen LogP contribution in [0.3, 0.4) is 0 Å². The van der Waals surface area contributed by atoms with E-state index < -0.39 is 17.7 Å². The molecule has 1 N–H and O–H groups in total. The van der Waals surface area contributed by atoms with Gasteiger partial charge in [-0.3, -0.25) is 4.90 Å². The van der Waals surface area contributed by atoms with Crippen molar-refractivity contribution < 1.29 is 23.9 Å². The lowest BCUT2D eigenvalue weighted by molar-refractivity contribution is -0.108. The smallest absolute Gasteiger partial charge is 0.414 e. The molecule has 0 saturated carbocycles. The zero-order chi connectivity index (χ0) is 17.7. The van der Waals surface area contributed by atoms with E-state index in [1.165, 1.54) is 4.90 Å². The molecule has 1 unspecified atom stereocenters. The second-order valence-electron chi connectivity index (χ2n) is 6.46. The third-order valence-corrected chi connectivity index (χ3v) is 3.39. The van der Waals surface area contributed by atoms with Gasteiger partial charge in [0.2, 0.25) is 0 Å². The van der Waals surface area contributed by atoms with Gasteiger partial charge in [-0.05, 0) is 38.5 Å². The van der Waals surface area contributed by atoms with E-state index >= 15 is 0 Å². The van der Waals surface area contributed by atoms with Crippen LogP contribution in [0.5, 0.6) is 0 Å². The van der Waals surface area contributed by atoms with Gasteiger partial charge in [0.05, 0.1) is 12.6 Å². The van der Waals surface area contributed by atoms with Gasteiger partial charge in [0, 0.05) is 12.1 Å². The zero-order valence-corrected chi connectivity index (χ0v) is 14.1. The summed E-state index contributed by atoms with van der Waals surface area (Å²) in [6, 6.07) is 6.57. The highest BCUT2D eigenvalue weighted by molar-refractivity contribution is 5.89. The highest BCUT2D eigenvalue weighted by atomic mass is 16.6. The van der Waals surface area contributed by atoms with Gasteiger partial charge in [-0.2, -0.15) is 0 Å². The minimum atomic E-state index is -0.615. The van der Waals surface area contributed by atoms with Crippen LogP contribution in [-0.2, 0) is 14.3 Å². The summed E-state index contributed by atoms with van der Waals surface area (Å²) >= 11 is 0. The van der Waals surface area contributed by atoms with Gasteiger partial charge in [-0.25, -0.2) is 9.59 Å². The Kier molecular flexibility index (Phi) is 5.43. The average Bonchev–Trinajstić information content (AvgIpc) is 2.91. The molecule has 1 heterocycles. The van der Waals surface area contributed by atoms with E-state index in [0.717, 1.165) is 11.8 Å². The normalized spacial score (nSPS) is 15.6. The summed E-state index contributed by atoms with van der Waals surface area (Å²) in [5.74, 6) is 0. The molecule has 0 spiro atoms. The van der Waals surface area contributed by atoms with Crippen molar-refractivity contribution in [1.29, 1.82) is 0 Å². The number of amides is 2. The lowest BCUT2D eigenvalue weighted by Crippen LogP contribution is -2.35. The summed E-state index contributed by atoms with van der Waals surface area (Å²) in [7, 11) is 0. The van der Waals surface area contributed by atoms with Gasteiger partial charge in [-0.1, -0.05) is 12.1 Å². The van der Waals surface area contributed by atoms with E-state index in [-0.39, 0.29) is 12.5 Å². The molecule has 2 amide bonds. The van der Waals surface area contributed by atoms with Crippen molar-refractivity contribution in [2.24, 2.45) is 0 Å². The van der Waals surface area contributed by atoms with Crippen molar-refractivity contribution in [1.82, 2.24) is 5.32 Å². The van der Waals surface area contributed by atoms with E-state index in [9.17, 15) is 14.4 Å². The highest BCUT2D eigenvalue weighted by Crippen LogP contribution is 2.23. The van der Waals surface area contributed by atoms with Crippen molar-refractivity contribution in [3.05, 3.63) is 29.8 Å². The van der Waals surface area contributed by atoms with E-state index in [2.05, 4.69) is 5.32 Å². The number of aldehydes is 1. The lowest BCUT2D eigenvalue weighted by atomic mass is 10.0. The number of hydrogen-bond acceptors (Lipinski definition) is 5. The molecular formula is C17H22N2O5. The maximum absolute atomic E-state index is 11.9. The number of rotatable bonds is 5. The summed E-state index contributed by atoms with van der Waals surface area (Å²) in [6.45, 7) is 6.18. The first kappa shape index (κ1) is 17.8. The Bertz CT molecular complexity index is 606. The quantitative estimate of drug-likeness (QED) is 0.837. The van der Waals surface area contributed by atoms with Gasteiger partial charge >= 0.3 is 12.2 Å². The Balaban J connectivity index is 2.08. The number of alkyl carbamates (subject to hydrolysis) is 1. The predicted octanol–water partition coefficient (Wildman–Crippen LogP) is 2.80. The number of nitrogens with one attached hydrogen (secondary N) is 1. The van der Waals surface area contributed by atoms with E-state index in [1.807, 2.05) is 0 Å². The first-order valence-electron chi connectivity index (χ1n) is 7.77. The van der Waals surface area contributed by atoms with Gasteiger partial charge in [0.1, 0.15) is 18.5 Å². The minimum absolute atomic E-state index is 0.129. The van der Waals surface area contributed by atoms with E-state index in [0.29, 0.717) is 18.8 Å². The van der Waals surface area contributed by atoms with Crippen LogP contribution >= 0.6 is 0 Å². The van der Waals surface area contributed by atoms with Crippen molar-refractivity contribution in [2.75, 3.05) is 18.1 Å². The molecule has 1 fully saturated rings. The van der Waals surface area contributed by atoms with E-state index in [1.54, 1.807) is 45.0 Å². The minimum Gasteiger partial charge on any atom is -0.447 e. The Labute approximate surface area is 140 Å². The van der Waals surface area contributed by atoms with Crippen molar-refractivity contribution in [3.8, 4) is 0 Å². The molecule has 2 rings (SSSR count). The van der Waals surface area contributed by atoms with Crippen LogP contribution in [0.25, 0.3) is 0 Å². The summed E-state index contributed by atoms with van der Waals surface area (Å²) in [5, 5.41) is 2.69. The first-order chi connectivity index (χ1) is 11.3. The molecule has 0 aromatic heterocycles. The predicted molar refractivity (Wildman–Crippen MR) is 87.9 cm³/mol. The third kappa shape index (κ3) is 4.71. The molecule has 1 aliphatic rings. The number of carbonyl (C=O) groups is 3. The number of hydrogen-bond donors (Lipinski definition) is 1. The van der Waals surface area contributed by atoms with Crippen LogP contribution in [0.1, 0.15) is 38.8 Å². The molecule has 1 aromatic carbocycles. The van der Waals surface area contributed by atoms with Gasteiger partial charge in [0.25, 0.3) is 0 Å². The molecule has 0 aliphatic carbocycles. The molecule has 1 atom stereocenters. The van der Waals surface area contributed by atoms with E-state index in [4.69, 9.17) is 9.47 Å². The van der Waals surface area contributed by atoms with Gasteiger partial charge in [-0.15, -0.1) is 0 Å². The first-order valence-corrected chi connectivity index (χ1v) is 7.77. The Hall–Kier alpha value is -2.57. The van der Waals surface area contributed by atoms with Crippen molar-refractivity contribution in [2.45, 2.75) is 38.8 Å². The zero-order valence-electron chi connectivity index (χ0n) is 14.1. The number of anilines is 1. The van der Waals surface area contributed by atoms with Crippen LogP contribution < -0.4 is 10.2 Å². The fraction of sp³-hybridized carbons (Fsp3) is 0.471. The second kappa shape index (κ2) is 7.33. The van der Waals surface area contributed by atoms with Crippen molar-refractivity contribution >= 4 is 24.2 Å². The maximum Gasteiger partial charge on any atom is 0.414 e. The van der Waals surface area contributed by atoms with Gasteiger partial charge in [0.15, 0.2) is 0 Å². The van der Waals surface area contributed by atoms with Crippen molar-refractivity contribution in [3.63, 3.8) is 0 Å². The Morgan fingerprint density at radius 3 is 2.54 bits per heavy atom. The summed E-state index contributed by atoms with van der Waals surface area (Å²) in [5.41, 5.74) is 0.850. The number of benzene rings is 1. The summed E-state index contributed by atoms with van der Waals surface area (Å²) < 4.78 is 10.1. The monoisotopic (exact) mass is 334 g/mol. The Morgan fingerprint density at radius 1 is 1.38 bits per heavy atom. The van der Waals surface area contributed by atoms with Crippen LogP contribution in [0.2, 0.25) is 0 Å². The molecule has 24 heavy (non-hydrogen) atoms. The SMILES string of the molecule is CC(C)(C)OC(=O)NC(CC=O)c1ccc(N2CCOC2=O)cc1. The summed E-state index contributed by atoms with van der Waals surface area (Å²) in [4.78, 5) is 35.9. The Morgan fingerprint density at radius 2 is 2.04 bits per heavy atom. The molecule has 7 heteroatoms. The molecule has 7 nitrogen and oxygen atoms in total. The highest BCUT2D eigenvalue weighted by Gasteiger charge is 2.24. The third-order valence-electron chi connectivity index (χ3n) is 3.39. The van der Waals surface area contributed by atoms with Crippen LogP contribution in [-0.4, -0.2) is 37.2 Å². The average molecular weight is 334 g/mol. The maximum atomic E-state index is 11.9. The number of cyclic esters (lactones) is 1. The van der Waals surface area contributed by atoms with Gasteiger partial charge < -0.3 is 19.6 Å². The number of nitrogens with zero attached hydrogens (tertiary/aromatic N) is 1. The second-order valence-corrected chi connectivity index (χ2v) is 6.46.